The Morgan fingerprint density at radius 2 is 1.88 bits per heavy atom. The van der Waals surface area contributed by atoms with Crippen LogP contribution in [0.25, 0.3) is 10.8 Å². The molecule has 5 rings (SSSR count). The molecule has 3 aromatic carbocycles. The Hall–Kier alpha value is -3.14. The number of hydrogen-bond acceptors (Lipinski definition) is 6. The molecule has 0 spiro atoms. The molecule has 9 heteroatoms. The third-order valence-electron chi connectivity index (χ3n) is 6.25. The summed E-state index contributed by atoms with van der Waals surface area (Å²) in [7, 11) is -3.27. The fourth-order valence-corrected chi connectivity index (χ4v) is 5.82. The number of nitrogens with one attached hydrogen (secondary N) is 1. The van der Waals surface area contributed by atoms with Crippen LogP contribution in [0, 0.1) is 0 Å². The summed E-state index contributed by atoms with van der Waals surface area (Å²) in [5, 5.41) is 11.5. The number of sulfonamides is 1. The predicted molar refractivity (Wildman–Crippen MR) is 120 cm³/mol. The average Bonchev–Trinajstić information content (AvgIpc) is 3.40. The van der Waals surface area contributed by atoms with Crippen molar-refractivity contribution in [1.82, 2.24) is 4.72 Å². The lowest BCUT2D eigenvalue weighted by molar-refractivity contribution is -0.207. The highest BCUT2D eigenvalue weighted by Crippen LogP contribution is 2.51. The predicted octanol–water partition coefficient (Wildman–Crippen LogP) is 3.61. The van der Waals surface area contributed by atoms with E-state index >= 15 is 0 Å². The van der Waals surface area contributed by atoms with E-state index in [4.69, 9.17) is 14.2 Å². The van der Waals surface area contributed by atoms with Crippen molar-refractivity contribution in [3.8, 4) is 11.5 Å². The van der Waals surface area contributed by atoms with Crippen molar-refractivity contribution >= 4 is 26.8 Å². The molecular formula is C24H23NO7S. The number of benzene rings is 3. The first-order valence-corrected chi connectivity index (χ1v) is 12.1. The van der Waals surface area contributed by atoms with Crippen LogP contribution in [0.2, 0.25) is 0 Å². The van der Waals surface area contributed by atoms with Crippen LogP contribution in [0.3, 0.4) is 0 Å². The Bertz CT molecular complexity index is 1340. The van der Waals surface area contributed by atoms with Gasteiger partial charge in [0.15, 0.2) is 11.5 Å². The largest absolute Gasteiger partial charge is 0.486 e. The van der Waals surface area contributed by atoms with Gasteiger partial charge in [-0.3, -0.25) is 0 Å². The van der Waals surface area contributed by atoms with Gasteiger partial charge in [0.1, 0.15) is 6.10 Å². The first-order chi connectivity index (χ1) is 15.8. The maximum atomic E-state index is 13.2. The smallest absolute Gasteiger partial charge is 0.396 e. The van der Waals surface area contributed by atoms with Crippen molar-refractivity contribution in [1.29, 1.82) is 0 Å². The van der Waals surface area contributed by atoms with Gasteiger partial charge in [-0.25, -0.2) is 13.2 Å². The van der Waals surface area contributed by atoms with Crippen LogP contribution in [0.4, 0.5) is 0 Å². The van der Waals surface area contributed by atoms with Gasteiger partial charge in [-0.1, -0.05) is 42.5 Å². The molecule has 0 amide bonds. The lowest BCUT2D eigenvalue weighted by atomic mass is 9.97. The molecule has 33 heavy (non-hydrogen) atoms. The van der Waals surface area contributed by atoms with E-state index in [-0.39, 0.29) is 22.7 Å². The molecule has 1 aliphatic heterocycles. The molecule has 0 radical (unpaired) electrons. The quantitative estimate of drug-likeness (QED) is 0.509. The number of ether oxygens (including phenoxy) is 3. The van der Waals surface area contributed by atoms with E-state index < -0.39 is 21.9 Å². The third-order valence-corrected chi connectivity index (χ3v) is 7.67. The van der Waals surface area contributed by atoms with E-state index in [0.717, 1.165) is 37.3 Å². The molecule has 0 saturated heterocycles. The number of carbonyl (C=O) groups is 1. The molecule has 3 atom stereocenters. The average molecular weight is 470 g/mol. The van der Waals surface area contributed by atoms with Crippen molar-refractivity contribution in [2.45, 2.75) is 42.1 Å². The molecule has 3 unspecified atom stereocenters. The molecule has 8 nitrogen and oxygen atoms in total. The fraction of sp³-hybridized carbons (Fsp3) is 0.292. The molecular weight excluding hydrogens is 446 g/mol. The van der Waals surface area contributed by atoms with Gasteiger partial charge in [-0.15, -0.1) is 4.72 Å². The number of carboxylic acids is 1. The van der Waals surface area contributed by atoms with Gasteiger partial charge < -0.3 is 19.3 Å². The maximum absolute atomic E-state index is 13.2. The van der Waals surface area contributed by atoms with Gasteiger partial charge in [0.2, 0.25) is 10.0 Å². The van der Waals surface area contributed by atoms with Crippen LogP contribution in [0.15, 0.2) is 65.6 Å². The summed E-state index contributed by atoms with van der Waals surface area (Å²) in [5.41, 5.74) is 0.933. The second kappa shape index (κ2) is 8.02. The van der Waals surface area contributed by atoms with E-state index in [1.54, 1.807) is 30.3 Å². The summed E-state index contributed by atoms with van der Waals surface area (Å²) < 4.78 is 45.4. The molecule has 1 aliphatic carbocycles. The Balaban J connectivity index is 1.50. The van der Waals surface area contributed by atoms with E-state index in [0.29, 0.717) is 11.1 Å². The molecule has 1 saturated carbocycles. The summed E-state index contributed by atoms with van der Waals surface area (Å²) in [4.78, 5) is 12.1. The first-order valence-electron chi connectivity index (χ1n) is 10.6. The molecule has 2 N–H and O–H groups in total. The van der Waals surface area contributed by atoms with E-state index in [2.05, 4.69) is 4.72 Å². The van der Waals surface area contributed by atoms with E-state index in [1.165, 1.54) is 12.1 Å². The minimum Gasteiger partial charge on any atom is -0.486 e. The number of rotatable bonds is 7. The lowest BCUT2D eigenvalue weighted by Gasteiger charge is -2.29. The van der Waals surface area contributed by atoms with Crippen LogP contribution < -0.4 is 14.2 Å². The van der Waals surface area contributed by atoms with Crippen molar-refractivity contribution in [2.24, 2.45) is 0 Å². The van der Waals surface area contributed by atoms with E-state index in [9.17, 15) is 18.3 Å². The highest BCUT2D eigenvalue weighted by Gasteiger charge is 2.48. The lowest BCUT2D eigenvalue weighted by Crippen LogP contribution is -2.60. The SMILES string of the molecule is COC(NS(=O)(=O)c1ccc2ccccc2c1)(Oc1cccc2c1OC1CCCC21)C(=O)O. The van der Waals surface area contributed by atoms with Crippen molar-refractivity contribution in [3.05, 3.63) is 66.2 Å². The molecule has 0 bridgehead atoms. The van der Waals surface area contributed by atoms with Crippen LogP contribution in [-0.2, 0) is 19.6 Å². The third kappa shape index (κ3) is 3.72. The minimum absolute atomic E-state index is 0.0146. The molecule has 1 heterocycles. The minimum atomic E-state index is -4.34. The van der Waals surface area contributed by atoms with Crippen molar-refractivity contribution in [3.63, 3.8) is 0 Å². The Labute approximate surface area is 191 Å². The van der Waals surface area contributed by atoms with Gasteiger partial charge in [0.25, 0.3) is 0 Å². The van der Waals surface area contributed by atoms with Crippen molar-refractivity contribution in [2.75, 3.05) is 7.11 Å². The van der Waals surface area contributed by atoms with Gasteiger partial charge in [0.05, 0.1) is 4.90 Å². The normalized spacial score (nSPS) is 21.1. The number of carboxylic acid groups (broad SMARTS) is 1. The highest BCUT2D eigenvalue weighted by molar-refractivity contribution is 7.89. The number of fused-ring (bicyclic) bond motifs is 4. The number of aliphatic carboxylic acids is 1. The van der Waals surface area contributed by atoms with Crippen LogP contribution >= 0.6 is 0 Å². The molecule has 3 aromatic rings. The monoisotopic (exact) mass is 469 g/mol. The molecule has 1 fully saturated rings. The summed E-state index contributed by atoms with van der Waals surface area (Å²) in [6, 6.07) is 17.0. The summed E-state index contributed by atoms with van der Waals surface area (Å²) >= 11 is 0. The topological polar surface area (TPSA) is 111 Å². The Morgan fingerprint density at radius 1 is 1.09 bits per heavy atom. The van der Waals surface area contributed by atoms with Gasteiger partial charge in [-0.05, 0) is 48.2 Å². The standard InChI is InChI=1S/C24H23NO7S/c1-30-24(23(26)27,25-33(28,29)17-13-12-15-6-2-3-7-16(15)14-17)32-21-11-5-9-19-18-8-4-10-20(18)31-22(19)21/h2-3,5-7,9,11-14,18,20,25H,4,8,10H2,1H3,(H,26,27). The molecule has 2 aliphatic rings. The zero-order valence-corrected chi connectivity index (χ0v) is 18.7. The zero-order chi connectivity index (χ0) is 23.2. The first kappa shape index (κ1) is 21.7. The number of para-hydroxylation sites is 1. The van der Waals surface area contributed by atoms with Gasteiger partial charge in [-0.2, -0.15) is 0 Å². The second-order valence-corrected chi connectivity index (χ2v) is 9.89. The fourth-order valence-electron chi connectivity index (χ4n) is 4.61. The van der Waals surface area contributed by atoms with Gasteiger partial charge in [0, 0.05) is 18.6 Å². The van der Waals surface area contributed by atoms with Crippen LogP contribution in [0.1, 0.15) is 30.7 Å². The summed E-state index contributed by atoms with van der Waals surface area (Å²) in [5.74, 6) is -3.59. The van der Waals surface area contributed by atoms with Crippen LogP contribution in [0.5, 0.6) is 11.5 Å². The second-order valence-electron chi connectivity index (χ2n) is 8.21. The Kier molecular flexibility index (Phi) is 5.27. The maximum Gasteiger partial charge on any atom is 0.396 e. The van der Waals surface area contributed by atoms with Gasteiger partial charge >= 0.3 is 11.9 Å². The number of hydrogen-bond donors (Lipinski definition) is 2. The zero-order valence-electron chi connectivity index (χ0n) is 17.9. The Morgan fingerprint density at radius 3 is 2.64 bits per heavy atom. The van der Waals surface area contributed by atoms with E-state index in [1.807, 2.05) is 18.2 Å². The molecule has 172 valence electrons. The molecule has 0 aromatic heterocycles. The van der Waals surface area contributed by atoms with Crippen molar-refractivity contribution < 1.29 is 32.5 Å². The number of methoxy groups -OCH3 is 1. The summed E-state index contributed by atoms with van der Waals surface area (Å²) in [6.07, 6.45) is 2.95. The summed E-state index contributed by atoms with van der Waals surface area (Å²) in [6.45, 7) is 0. The highest BCUT2D eigenvalue weighted by atomic mass is 32.2. The van der Waals surface area contributed by atoms with Crippen LogP contribution in [-0.4, -0.2) is 38.6 Å².